The van der Waals surface area contributed by atoms with Gasteiger partial charge in [0, 0.05) is 31.9 Å². The van der Waals surface area contributed by atoms with E-state index in [1.807, 2.05) is 0 Å². The molecule has 0 unspecified atom stereocenters. The molecule has 0 saturated carbocycles. The maximum atomic E-state index is 13.9. The van der Waals surface area contributed by atoms with Gasteiger partial charge in [-0.15, -0.1) is 0 Å². The van der Waals surface area contributed by atoms with Gasteiger partial charge in [-0.1, -0.05) is 18.2 Å². The summed E-state index contributed by atoms with van der Waals surface area (Å²) in [6.07, 6.45) is -4.03. The molecule has 154 valence electrons. The van der Waals surface area contributed by atoms with Gasteiger partial charge in [-0.2, -0.15) is 13.2 Å². The number of hydrogen-bond donors (Lipinski definition) is 1. The number of carbonyl (C=O) groups is 2. The molecule has 0 aromatic heterocycles. The number of hydrogen-bond acceptors (Lipinski definition) is 2. The highest BCUT2D eigenvalue weighted by Crippen LogP contribution is 2.30. The number of alkyl halides is 3. The van der Waals surface area contributed by atoms with Gasteiger partial charge in [-0.05, 0) is 36.8 Å². The SMILES string of the molecule is O=C(Nc1cccc(C(F)(F)F)c1)N1CCCN(C(=O)c2ccccc2F)CC1. The molecule has 0 spiro atoms. The summed E-state index contributed by atoms with van der Waals surface area (Å²) < 4.78 is 52.3. The molecule has 1 heterocycles. The van der Waals surface area contributed by atoms with Crippen LogP contribution < -0.4 is 5.32 Å². The molecule has 2 aromatic rings. The van der Waals surface area contributed by atoms with Gasteiger partial charge in [-0.25, -0.2) is 9.18 Å². The molecule has 3 rings (SSSR count). The fraction of sp³-hybridized carbons (Fsp3) is 0.300. The van der Waals surface area contributed by atoms with Crippen LogP contribution in [0.2, 0.25) is 0 Å². The highest BCUT2D eigenvalue weighted by atomic mass is 19.4. The molecule has 1 aliphatic heterocycles. The molecule has 1 aliphatic rings. The number of nitrogens with one attached hydrogen (secondary N) is 1. The predicted octanol–water partition coefficient (Wildman–Crippen LogP) is 4.22. The number of benzene rings is 2. The number of rotatable bonds is 2. The van der Waals surface area contributed by atoms with E-state index in [-0.39, 0.29) is 24.3 Å². The Morgan fingerprint density at radius 3 is 2.31 bits per heavy atom. The fourth-order valence-electron chi connectivity index (χ4n) is 3.10. The van der Waals surface area contributed by atoms with Crippen LogP contribution >= 0.6 is 0 Å². The predicted molar refractivity (Wildman–Crippen MR) is 99.0 cm³/mol. The number of urea groups is 1. The molecule has 3 amide bonds. The van der Waals surface area contributed by atoms with E-state index in [1.54, 1.807) is 6.07 Å². The molecule has 1 N–H and O–H groups in total. The first-order chi connectivity index (χ1) is 13.8. The fourth-order valence-corrected chi connectivity index (χ4v) is 3.10. The van der Waals surface area contributed by atoms with Gasteiger partial charge in [0.25, 0.3) is 5.91 Å². The lowest BCUT2D eigenvalue weighted by atomic mass is 10.2. The van der Waals surface area contributed by atoms with Crippen LogP contribution in [-0.2, 0) is 6.18 Å². The van der Waals surface area contributed by atoms with Crippen molar-refractivity contribution in [1.29, 1.82) is 0 Å². The van der Waals surface area contributed by atoms with Crippen molar-refractivity contribution in [2.45, 2.75) is 12.6 Å². The van der Waals surface area contributed by atoms with Gasteiger partial charge < -0.3 is 15.1 Å². The minimum Gasteiger partial charge on any atom is -0.337 e. The van der Waals surface area contributed by atoms with Gasteiger partial charge >= 0.3 is 12.2 Å². The number of carbonyl (C=O) groups excluding carboxylic acids is 2. The summed E-state index contributed by atoms with van der Waals surface area (Å²) in [5.74, 6) is -1.07. The highest BCUT2D eigenvalue weighted by molar-refractivity contribution is 5.94. The zero-order valence-corrected chi connectivity index (χ0v) is 15.4. The van der Waals surface area contributed by atoms with Crippen LogP contribution in [0.15, 0.2) is 48.5 Å². The molecule has 0 bridgehead atoms. The van der Waals surface area contributed by atoms with Gasteiger partial charge in [0.15, 0.2) is 0 Å². The van der Waals surface area contributed by atoms with Crippen molar-refractivity contribution in [1.82, 2.24) is 9.80 Å². The van der Waals surface area contributed by atoms with Crippen molar-refractivity contribution < 1.29 is 27.2 Å². The minimum atomic E-state index is -4.50. The van der Waals surface area contributed by atoms with Crippen molar-refractivity contribution in [2.75, 3.05) is 31.5 Å². The van der Waals surface area contributed by atoms with Crippen molar-refractivity contribution in [3.8, 4) is 0 Å². The zero-order valence-electron chi connectivity index (χ0n) is 15.4. The highest BCUT2D eigenvalue weighted by Gasteiger charge is 2.31. The molecule has 0 atom stereocenters. The van der Waals surface area contributed by atoms with Crippen LogP contribution in [0.1, 0.15) is 22.3 Å². The maximum absolute atomic E-state index is 13.9. The Bertz CT molecular complexity index is 901. The van der Waals surface area contributed by atoms with Gasteiger partial charge in [-0.3, -0.25) is 4.79 Å². The molecule has 1 fully saturated rings. The standard InChI is InChI=1S/C20H19F4N3O2/c21-17-8-2-1-7-16(17)18(28)26-9-4-10-27(12-11-26)19(29)25-15-6-3-5-14(13-15)20(22,23)24/h1-3,5-8,13H,4,9-12H2,(H,25,29). The first kappa shape index (κ1) is 20.6. The second kappa shape index (κ2) is 8.50. The third kappa shape index (κ3) is 5.04. The Labute approximate surface area is 164 Å². The Kier molecular flexibility index (Phi) is 6.05. The molecule has 1 saturated heterocycles. The minimum absolute atomic E-state index is 0.0330. The van der Waals surface area contributed by atoms with E-state index < -0.39 is 29.5 Å². The van der Waals surface area contributed by atoms with E-state index in [9.17, 15) is 27.2 Å². The maximum Gasteiger partial charge on any atom is 0.416 e. The van der Waals surface area contributed by atoms with Gasteiger partial charge in [0.05, 0.1) is 11.1 Å². The summed E-state index contributed by atoms with van der Waals surface area (Å²) in [6.45, 7) is 1.06. The van der Waals surface area contributed by atoms with Crippen LogP contribution in [0.4, 0.5) is 28.0 Å². The second-order valence-electron chi connectivity index (χ2n) is 6.62. The van der Waals surface area contributed by atoms with E-state index in [2.05, 4.69) is 5.32 Å². The lowest BCUT2D eigenvalue weighted by molar-refractivity contribution is -0.137. The van der Waals surface area contributed by atoms with E-state index in [1.165, 1.54) is 40.1 Å². The number of amides is 3. The Morgan fingerprint density at radius 2 is 1.59 bits per heavy atom. The quantitative estimate of drug-likeness (QED) is 0.755. The molecule has 0 aliphatic carbocycles. The Morgan fingerprint density at radius 1 is 0.897 bits per heavy atom. The summed E-state index contributed by atoms with van der Waals surface area (Å²) in [5.41, 5.74) is -0.851. The van der Waals surface area contributed by atoms with Gasteiger partial charge in [0.2, 0.25) is 0 Å². The first-order valence-electron chi connectivity index (χ1n) is 9.03. The third-order valence-electron chi connectivity index (χ3n) is 4.62. The number of anilines is 1. The summed E-state index contributed by atoms with van der Waals surface area (Å²) >= 11 is 0. The third-order valence-corrected chi connectivity index (χ3v) is 4.62. The van der Waals surface area contributed by atoms with Crippen molar-refractivity contribution in [2.24, 2.45) is 0 Å². The molecule has 29 heavy (non-hydrogen) atoms. The molecule has 5 nitrogen and oxygen atoms in total. The average Bonchev–Trinajstić information content (AvgIpc) is 2.94. The van der Waals surface area contributed by atoms with E-state index in [0.717, 1.165) is 12.1 Å². The second-order valence-corrected chi connectivity index (χ2v) is 6.62. The van der Waals surface area contributed by atoms with Crippen LogP contribution in [0.25, 0.3) is 0 Å². The van der Waals surface area contributed by atoms with Crippen LogP contribution in [0.5, 0.6) is 0 Å². The van der Waals surface area contributed by atoms with Crippen LogP contribution in [0, 0.1) is 5.82 Å². The molecular formula is C20H19F4N3O2. The number of nitrogens with zero attached hydrogens (tertiary/aromatic N) is 2. The molecular weight excluding hydrogens is 390 g/mol. The molecule has 2 aromatic carbocycles. The lowest BCUT2D eigenvalue weighted by Gasteiger charge is -2.23. The smallest absolute Gasteiger partial charge is 0.337 e. The topological polar surface area (TPSA) is 52.7 Å². The Balaban J connectivity index is 1.63. The summed E-state index contributed by atoms with van der Waals surface area (Å²) in [6, 6.07) is 9.51. The van der Waals surface area contributed by atoms with E-state index in [0.29, 0.717) is 19.5 Å². The summed E-state index contributed by atoms with van der Waals surface area (Å²) in [4.78, 5) is 27.9. The Hall–Kier alpha value is -3.10. The lowest BCUT2D eigenvalue weighted by Crippen LogP contribution is -2.39. The average molecular weight is 409 g/mol. The summed E-state index contributed by atoms with van der Waals surface area (Å²) in [5, 5.41) is 2.46. The monoisotopic (exact) mass is 409 g/mol. The normalized spacial score (nSPS) is 15.0. The van der Waals surface area contributed by atoms with Crippen LogP contribution in [-0.4, -0.2) is 47.9 Å². The van der Waals surface area contributed by atoms with Crippen molar-refractivity contribution in [3.63, 3.8) is 0 Å². The van der Waals surface area contributed by atoms with Gasteiger partial charge in [0.1, 0.15) is 5.82 Å². The van der Waals surface area contributed by atoms with Crippen molar-refractivity contribution in [3.05, 3.63) is 65.5 Å². The first-order valence-corrected chi connectivity index (χ1v) is 9.03. The van der Waals surface area contributed by atoms with E-state index >= 15 is 0 Å². The zero-order chi connectivity index (χ0) is 21.0. The largest absolute Gasteiger partial charge is 0.416 e. The van der Waals surface area contributed by atoms with E-state index in [4.69, 9.17) is 0 Å². The molecule has 9 heteroatoms. The van der Waals surface area contributed by atoms with Crippen LogP contribution in [0.3, 0.4) is 0 Å². The van der Waals surface area contributed by atoms with Crippen molar-refractivity contribution >= 4 is 17.6 Å². The summed E-state index contributed by atoms with van der Waals surface area (Å²) in [7, 11) is 0. The number of halogens is 4. The molecule has 0 radical (unpaired) electrons.